The molecule has 19 heavy (non-hydrogen) atoms. The summed E-state index contributed by atoms with van der Waals surface area (Å²) < 4.78 is 16.5. The molecular formula is C11H15N3O5. The van der Waals surface area contributed by atoms with E-state index in [2.05, 4.69) is 14.8 Å². The first kappa shape index (κ1) is 13.5. The van der Waals surface area contributed by atoms with Gasteiger partial charge in [-0.15, -0.1) is 5.10 Å². The Morgan fingerprint density at radius 2 is 2.32 bits per heavy atom. The third-order valence-electron chi connectivity index (χ3n) is 2.73. The molecule has 1 aliphatic heterocycles. The molecule has 8 nitrogen and oxygen atoms in total. The second kappa shape index (κ2) is 5.79. The summed E-state index contributed by atoms with van der Waals surface area (Å²) >= 11 is 0. The van der Waals surface area contributed by atoms with Crippen LogP contribution in [0.3, 0.4) is 0 Å². The number of hydrogen-bond acceptors (Lipinski definition) is 7. The Morgan fingerprint density at radius 1 is 1.53 bits per heavy atom. The van der Waals surface area contributed by atoms with Crippen LogP contribution in [0.15, 0.2) is 6.33 Å². The summed E-state index contributed by atoms with van der Waals surface area (Å²) in [5, 5.41) is 3.99. The van der Waals surface area contributed by atoms with Gasteiger partial charge >= 0.3 is 11.9 Å². The normalized spacial score (nSPS) is 22.2. The van der Waals surface area contributed by atoms with Crippen molar-refractivity contribution in [3.63, 3.8) is 0 Å². The molecule has 1 saturated heterocycles. The molecule has 0 amide bonds. The summed E-state index contributed by atoms with van der Waals surface area (Å²) in [6, 6.07) is 0. The summed E-state index contributed by atoms with van der Waals surface area (Å²) in [4.78, 5) is 25.8. The number of carbonyl (C=O) groups is 2. The minimum Gasteiger partial charge on any atom is -0.463 e. The van der Waals surface area contributed by atoms with Gasteiger partial charge in [0.1, 0.15) is 12.9 Å². The second-order valence-corrected chi connectivity index (χ2v) is 4.13. The molecule has 2 rings (SSSR count). The highest BCUT2D eigenvalue weighted by Gasteiger charge is 2.28. The van der Waals surface area contributed by atoms with Crippen LogP contribution >= 0.6 is 0 Å². The monoisotopic (exact) mass is 269 g/mol. The third kappa shape index (κ3) is 3.28. The first-order valence-electron chi connectivity index (χ1n) is 5.88. The van der Waals surface area contributed by atoms with Crippen molar-refractivity contribution in [2.75, 3.05) is 13.7 Å². The Hall–Kier alpha value is -1.96. The molecule has 2 heterocycles. The van der Waals surface area contributed by atoms with Gasteiger partial charge in [-0.1, -0.05) is 0 Å². The van der Waals surface area contributed by atoms with Crippen molar-refractivity contribution in [1.29, 1.82) is 0 Å². The minimum atomic E-state index is -0.590. The smallest absolute Gasteiger partial charge is 0.377 e. The van der Waals surface area contributed by atoms with Gasteiger partial charge < -0.3 is 14.2 Å². The number of carbonyl (C=O) groups excluding carboxylic acids is 2. The molecule has 0 spiro atoms. The molecule has 0 unspecified atom stereocenters. The highest BCUT2D eigenvalue weighted by molar-refractivity contribution is 5.84. The zero-order chi connectivity index (χ0) is 13.8. The van der Waals surface area contributed by atoms with Crippen molar-refractivity contribution in [3.05, 3.63) is 12.2 Å². The average Bonchev–Trinajstić information content (AvgIpc) is 3.03. The zero-order valence-electron chi connectivity index (χ0n) is 10.7. The number of rotatable bonds is 4. The van der Waals surface area contributed by atoms with E-state index in [0.29, 0.717) is 0 Å². The summed E-state index contributed by atoms with van der Waals surface area (Å²) in [5.74, 6) is -0.927. The Bertz CT molecular complexity index is 473. The second-order valence-electron chi connectivity index (χ2n) is 4.13. The Labute approximate surface area is 109 Å². The lowest BCUT2D eigenvalue weighted by molar-refractivity contribution is -0.145. The maximum Gasteiger partial charge on any atom is 0.377 e. The first-order valence-corrected chi connectivity index (χ1v) is 5.88. The predicted molar refractivity (Wildman–Crippen MR) is 61.1 cm³/mol. The van der Waals surface area contributed by atoms with Gasteiger partial charge in [-0.05, 0) is 12.8 Å². The van der Waals surface area contributed by atoms with E-state index in [1.165, 1.54) is 25.0 Å². The van der Waals surface area contributed by atoms with Gasteiger partial charge in [-0.25, -0.2) is 14.5 Å². The first-order chi connectivity index (χ1) is 9.10. The fraction of sp³-hybridized carbons (Fsp3) is 0.636. The summed E-state index contributed by atoms with van der Waals surface area (Å²) in [6.45, 7) is 1.58. The van der Waals surface area contributed by atoms with E-state index in [1.54, 1.807) is 0 Å². The van der Waals surface area contributed by atoms with Crippen molar-refractivity contribution in [3.8, 4) is 0 Å². The summed E-state index contributed by atoms with van der Waals surface area (Å²) in [6.07, 6.45) is 2.44. The number of ether oxygens (including phenoxy) is 3. The van der Waals surface area contributed by atoms with E-state index in [4.69, 9.17) is 9.47 Å². The van der Waals surface area contributed by atoms with Crippen molar-refractivity contribution < 1.29 is 23.8 Å². The molecule has 0 aromatic carbocycles. The Morgan fingerprint density at radius 3 is 3.00 bits per heavy atom. The summed E-state index contributed by atoms with van der Waals surface area (Å²) in [7, 11) is 1.27. The van der Waals surface area contributed by atoms with Crippen molar-refractivity contribution in [1.82, 2.24) is 14.8 Å². The minimum absolute atomic E-state index is 0.00506. The zero-order valence-corrected chi connectivity index (χ0v) is 10.7. The molecule has 0 bridgehead atoms. The van der Waals surface area contributed by atoms with Gasteiger partial charge in [0, 0.05) is 6.92 Å². The highest BCUT2D eigenvalue weighted by atomic mass is 16.6. The van der Waals surface area contributed by atoms with E-state index >= 15 is 0 Å². The fourth-order valence-electron chi connectivity index (χ4n) is 1.81. The Kier molecular flexibility index (Phi) is 4.10. The van der Waals surface area contributed by atoms with Crippen molar-refractivity contribution >= 4 is 11.9 Å². The van der Waals surface area contributed by atoms with Crippen molar-refractivity contribution in [2.24, 2.45) is 0 Å². The predicted octanol–water partition coefficient (Wildman–Crippen LogP) is 0.305. The SMILES string of the molecule is COC(=O)c1ncn([C@H]2CC[C@@H](COC(C)=O)O2)n1. The van der Waals surface area contributed by atoms with Crippen LogP contribution in [0, 0.1) is 0 Å². The molecule has 0 saturated carbocycles. The maximum absolute atomic E-state index is 11.2. The number of hydrogen-bond donors (Lipinski definition) is 0. The number of nitrogens with zero attached hydrogens (tertiary/aromatic N) is 3. The van der Waals surface area contributed by atoms with Crippen LogP contribution < -0.4 is 0 Å². The van der Waals surface area contributed by atoms with Gasteiger partial charge in [0.15, 0.2) is 6.23 Å². The van der Waals surface area contributed by atoms with Gasteiger partial charge in [0.25, 0.3) is 5.82 Å². The lowest BCUT2D eigenvalue weighted by Gasteiger charge is -2.13. The van der Waals surface area contributed by atoms with Crippen LogP contribution in [0.2, 0.25) is 0 Å². The molecule has 1 aromatic heterocycles. The molecule has 0 radical (unpaired) electrons. The molecule has 1 aromatic rings. The van der Waals surface area contributed by atoms with Crippen LogP contribution in [-0.4, -0.2) is 46.5 Å². The number of aromatic nitrogens is 3. The average molecular weight is 269 g/mol. The fourth-order valence-corrected chi connectivity index (χ4v) is 1.81. The van der Waals surface area contributed by atoms with E-state index in [1.807, 2.05) is 0 Å². The van der Waals surface area contributed by atoms with Crippen LogP contribution in [0.25, 0.3) is 0 Å². The van der Waals surface area contributed by atoms with Gasteiger partial charge in [-0.3, -0.25) is 4.79 Å². The lowest BCUT2D eigenvalue weighted by Crippen LogP contribution is -2.18. The number of methoxy groups -OCH3 is 1. The van der Waals surface area contributed by atoms with Crippen LogP contribution in [0.5, 0.6) is 0 Å². The van der Waals surface area contributed by atoms with Crippen LogP contribution in [0.1, 0.15) is 36.6 Å². The molecule has 8 heteroatoms. The van der Waals surface area contributed by atoms with E-state index in [0.717, 1.165) is 12.8 Å². The molecule has 0 N–H and O–H groups in total. The van der Waals surface area contributed by atoms with Gasteiger partial charge in [0.05, 0.1) is 13.2 Å². The molecule has 1 fully saturated rings. The largest absolute Gasteiger partial charge is 0.463 e. The van der Waals surface area contributed by atoms with Crippen LogP contribution in [-0.2, 0) is 19.0 Å². The molecule has 0 aliphatic carbocycles. The standard InChI is InChI=1S/C11H15N3O5/c1-7(15)18-5-8-3-4-9(19-8)14-6-12-10(13-14)11(16)17-2/h6,8-9H,3-5H2,1-2H3/t8-,9+/m0/s1. The van der Waals surface area contributed by atoms with Gasteiger partial charge in [-0.2, -0.15) is 0 Å². The highest BCUT2D eigenvalue weighted by Crippen LogP contribution is 2.27. The topological polar surface area (TPSA) is 92.5 Å². The number of esters is 2. The maximum atomic E-state index is 11.2. The van der Waals surface area contributed by atoms with E-state index in [-0.39, 0.29) is 30.7 Å². The van der Waals surface area contributed by atoms with Crippen molar-refractivity contribution in [2.45, 2.75) is 32.1 Å². The molecule has 1 aliphatic rings. The summed E-state index contributed by atoms with van der Waals surface area (Å²) in [5.41, 5.74) is 0. The molecule has 104 valence electrons. The quantitative estimate of drug-likeness (QED) is 0.726. The van der Waals surface area contributed by atoms with E-state index in [9.17, 15) is 9.59 Å². The third-order valence-corrected chi connectivity index (χ3v) is 2.73. The van der Waals surface area contributed by atoms with E-state index < -0.39 is 5.97 Å². The Balaban J connectivity index is 1.91. The molecular weight excluding hydrogens is 254 g/mol. The van der Waals surface area contributed by atoms with Gasteiger partial charge in [0.2, 0.25) is 0 Å². The lowest BCUT2D eigenvalue weighted by atomic mass is 10.2. The molecule has 2 atom stereocenters. The van der Waals surface area contributed by atoms with Crippen LogP contribution in [0.4, 0.5) is 0 Å².